The third-order valence-corrected chi connectivity index (χ3v) is 8.16. The molecule has 0 bridgehead atoms. The smallest absolute Gasteiger partial charge is 0.356 e. The van der Waals surface area contributed by atoms with E-state index in [0.29, 0.717) is 63.7 Å². The Balaban J connectivity index is 1.28. The number of nitrogens with one attached hydrogen (secondary N) is 1. The van der Waals surface area contributed by atoms with Gasteiger partial charge in [0.2, 0.25) is 0 Å². The molecule has 13 nitrogen and oxygen atoms in total. The fourth-order valence-corrected chi connectivity index (χ4v) is 5.48. The van der Waals surface area contributed by atoms with E-state index >= 15 is 0 Å². The summed E-state index contributed by atoms with van der Waals surface area (Å²) in [7, 11) is 2.52. The number of nitrogens with zero attached hydrogens (tertiary/aromatic N) is 4. The third-order valence-electron chi connectivity index (χ3n) is 8.16. The van der Waals surface area contributed by atoms with E-state index in [9.17, 15) is 19.2 Å². The number of pyridine rings is 2. The molecule has 1 aliphatic heterocycles. The highest BCUT2D eigenvalue weighted by atomic mass is 16.5. The maximum absolute atomic E-state index is 13.0. The monoisotopic (exact) mass is 695 g/mol. The number of aromatic nitrogens is 2. The summed E-state index contributed by atoms with van der Waals surface area (Å²) in [5.74, 6) is -2.46. The van der Waals surface area contributed by atoms with Crippen LogP contribution < -0.4 is 5.32 Å². The normalized spacial score (nSPS) is 14.0. The minimum absolute atomic E-state index is 0.0142. The van der Waals surface area contributed by atoms with Crippen molar-refractivity contribution in [3.05, 3.63) is 130 Å². The molecule has 0 radical (unpaired) electrons. The lowest BCUT2D eigenvalue weighted by molar-refractivity contribution is 0.0462. The second kappa shape index (κ2) is 18.5. The largest absolute Gasteiger partial charge is 0.464 e. The quantitative estimate of drug-likeness (QED) is 0.170. The van der Waals surface area contributed by atoms with Crippen LogP contribution in [0.3, 0.4) is 0 Å². The van der Waals surface area contributed by atoms with Crippen LogP contribution >= 0.6 is 0 Å². The molecule has 1 aliphatic rings. The standard InChI is InChI=1S/C38H41N5O8/c1-48-37(46)33-21-29(35(44)50-25-27-9-5-3-6-10-27)19-31(40-33)23-42-15-13-39-14-16-43(18-17-42)24-32-20-30(22-34(41-32)38(47)49-2)36(45)51-26-28-11-7-4-8-12-28/h3-12,19-22,39H,13-18,23-26H2,1-2H3. The number of rotatable bonds is 12. The lowest BCUT2D eigenvalue weighted by atomic mass is 10.1. The number of esters is 4. The van der Waals surface area contributed by atoms with Crippen LogP contribution in [0.5, 0.6) is 0 Å². The van der Waals surface area contributed by atoms with Gasteiger partial charge >= 0.3 is 23.9 Å². The fourth-order valence-electron chi connectivity index (χ4n) is 5.48. The maximum Gasteiger partial charge on any atom is 0.356 e. The van der Waals surface area contributed by atoms with Crippen molar-refractivity contribution in [1.82, 2.24) is 25.1 Å². The van der Waals surface area contributed by atoms with Gasteiger partial charge in [-0.15, -0.1) is 0 Å². The molecule has 266 valence electrons. The summed E-state index contributed by atoms with van der Waals surface area (Å²) in [6.45, 7) is 4.87. The number of carbonyl (C=O) groups is 4. The number of ether oxygens (including phenoxy) is 4. The number of benzene rings is 2. The van der Waals surface area contributed by atoms with Crippen LogP contribution in [-0.2, 0) is 45.3 Å². The summed E-state index contributed by atoms with van der Waals surface area (Å²) in [5.41, 5.74) is 3.15. The van der Waals surface area contributed by atoms with E-state index in [1.807, 2.05) is 60.7 Å². The molecule has 0 amide bonds. The Morgan fingerprint density at radius 3 is 1.39 bits per heavy atom. The molecule has 0 aliphatic carbocycles. The molecular formula is C38H41N5O8. The van der Waals surface area contributed by atoms with Gasteiger partial charge in [-0.05, 0) is 35.4 Å². The fraction of sp³-hybridized carbons (Fsp3) is 0.316. The number of carbonyl (C=O) groups excluding carboxylic acids is 4. The molecule has 0 atom stereocenters. The van der Waals surface area contributed by atoms with Crippen molar-refractivity contribution in [2.45, 2.75) is 26.3 Å². The van der Waals surface area contributed by atoms with E-state index in [-0.39, 0.29) is 35.7 Å². The van der Waals surface area contributed by atoms with E-state index in [2.05, 4.69) is 25.1 Å². The Morgan fingerprint density at radius 2 is 1.00 bits per heavy atom. The van der Waals surface area contributed by atoms with Crippen molar-refractivity contribution >= 4 is 23.9 Å². The number of methoxy groups -OCH3 is 2. The highest BCUT2D eigenvalue weighted by molar-refractivity contribution is 5.95. The second-order valence-corrected chi connectivity index (χ2v) is 11.9. The lowest BCUT2D eigenvalue weighted by Gasteiger charge is -2.25. The first-order valence-corrected chi connectivity index (χ1v) is 16.6. The molecule has 13 heteroatoms. The number of hydrogen-bond acceptors (Lipinski definition) is 13. The van der Waals surface area contributed by atoms with Gasteiger partial charge in [0, 0.05) is 52.4 Å². The molecule has 1 N–H and O–H groups in total. The molecule has 51 heavy (non-hydrogen) atoms. The van der Waals surface area contributed by atoms with Gasteiger partial charge < -0.3 is 24.3 Å². The molecular weight excluding hydrogens is 654 g/mol. The Labute approximate surface area is 296 Å². The van der Waals surface area contributed by atoms with Crippen molar-refractivity contribution in [1.29, 1.82) is 0 Å². The molecule has 1 saturated heterocycles. The van der Waals surface area contributed by atoms with Gasteiger partial charge in [-0.2, -0.15) is 0 Å². The Bertz CT molecular complexity index is 1670. The molecule has 4 aromatic rings. The van der Waals surface area contributed by atoms with Gasteiger partial charge in [-0.1, -0.05) is 60.7 Å². The highest BCUT2D eigenvalue weighted by Crippen LogP contribution is 2.16. The van der Waals surface area contributed by atoms with Gasteiger partial charge in [0.05, 0.1) is 36.7 Å². The van der Waals surface area contributed by atoms with Crippen molar-refractivity contribution in [3.8, 4) is 0 Å². The van der Waals surface area contributed by atoms with Crippen LogP contribution in [0.25, 0.3) is 0 Å². The zero-order valence-corrected chi connectivity index (χ0v) is 28.7. The summed E-state index contributed by atoms with van der Waals surface area (Å²) in [5, 5.41) is 3.44. The Hall–Kier alpha value is -5.50. The molecule has 0 saturated carbocycles. The van der Waals surface area contributed by atoms with E-state index in [0.717, 1.165) is 11.1 Å². The van der Waals surface area contributed by atoms with Crippen LogP contribution in [0.1, 0.15) is 64.2 Å². The van der Waals surface area contributed by atoms with Gasteiger partial charge in [-0.25, -0.2) is 29.1 Å². The Morgan fingerprint density at radius 1 is 0.588 bits per heavy atom. The van der Waals surface area contributed by atoms with Crippen molar-refractivity contribution in [2.75, 3.05) is 53.5 Å². The minimum Gasteiger partial charge on any atom is -0.464 e. The first kappa shape index (κ1) is 36.8. The average molecular weight is 696 g/mol. The van der Waals surface area contributed by atoms with E-state index in [4.69, 9.17) is 18.9 Å². The predicted octanol–water partition coefficient (Wildman–Crippen LogP) is 3.67. The molecule has 2 aromatic heterocycles. The zero-order valence-electron chi connectivity index (χ0n) is 28.7. The van der Waals surface area contributed by atoms with E-state index in [1.165, 1.54) is 26.4 Å². The molecule has 2 aromatic carbocycles. The SMILES string of the molecule is COC(=O)c1cc(C(=O)OCc2ccccc2)cc(CN2CCNCCN(Cc3cc(C(=O)OCc4ccccc4)cc(C(=O)OC)n3)CC2)n1. The van der Waals surface area contributed by atoms with Gasteiger partial charge in [0.25, 0.3) is 0 Å². The van der Waals surface area contributed by atoms with Crippen LogP contribution in [0.2, 0.25) is 0 Å². The lowest BCUT2D eigenvalue weighted by Crippen LogP contribution is -2.36. The first-order valence-electron chi connectivity index (χ1n) is 16.6. The predicted molar refractivity (Wildman–Crippen MR) is 186 cm³/mol. The van der Waals surface area contributed by atoms with Crippen LogP contribution in [0.15, 0.2) is 84.9 Å². The summed E-state index contributed by atoms with van der Waals surface area (Å²) in [4.78, 5) is 64.4. The summed E-state index contributed by atoms with van der Waals surface area (Å²) in [6, 6.07) is 24.7. The zero-order chi connectivity index (χ0) is 36.0. The summed E-state index contributed by atoms with van der Waals surface area (Å²) < 4.78 is 20.9. The maximum atomic E-state index is 13.0. The van der Waals surface area contributed by atoms with Crippen molar-refractivity contribution in [3.63, 3.8) is 0 Å². The van der Waals surface area contributed by atoms with Crippen molar-refractivity contribution in [2.24, 2.45) is 0 Å². The molecule has 0 spiro atoms. The highest BCUT2D eigenvalue weighted by Gasteiger charge is 2.21. The third kappa shape index (κ3) is 11.0. The van der Waals surface area contributed by atoms with Crippen molar-refractivity contribution < 1.29 is 38.1 Å². The first-order chi connectivity index (χ1) is 24.8. The minimum atomic E-state index is -0.656. The van der Waals surface area contributed by atoms with Crippen LogP contribution in [-0.4, -0.2) is 97.1 Å². The summed E-state index contributed by atoms with van der Waals surface area (Å²) in [6.07, 6.45) is 0. The average Bonchev–Trinajstić information content (AvgIpc) is 3.27. The second-order valence-electron chi connectivity index (χ2n) is 11.9. The Kier molecular flexibility index (Phi) is 13.3. The molecule has 1 fully saturated rings. The topological polar surface area (TPSA) is 149 Å². The van der Waals surface area contributed by atoms with E-state index < -0.39 is 23.9 Å². The number of hydrogen-bond donors (Lipinski definition) is 1. The van der Waals surface area contributed by atoms with Gasteiger partial charge in [-0.3, -0.25) is 9.80 Å². The molecule has 0 unspecified atom stereocenters. The molecule has 5 rings (SSSR count). The van der Waals surface area contributed by atoms with Gasteiger partial charge in [0.1, 0.15) is 24.6 Å². The summed E-state index contributed by atoms with van der Waals surface area (Å²) >= 11 is 0. The van der Waals surface area contributed by atoms with Crippen LogP contribution in [0.4, 0.5) is 0 Å². The molecule has 3 heterocycles. The van der Waals surface area contributed by atoms with E-state index in [1.54, 1.807) is 12.1 Å². The van der Waals surface area contributed by atoms with Crippen LogP contribution in [0, 0.1) is 0 Å². The van der Waals surface area contributed by atoms with Gasteiger partial charge in [0.15, 0.2) is 0 Å².